The highest BCUT2D eigenvalue weighted by Gasteiger charge is 2.56. The Hall–Kier alpha value is -3.95. The van der Waals surface area contributed by atoms with Gasteiger partial charge in [0.1, 0.15) is 11.6 Å². The molecule has 0 aliphatic carbocycles. The van der Waals surface area contributed by atoms with Crippen molar-refractivity contribution in [2.45, 2.75) is 90.3 Å². The van der Waals surface area contributed by atoms with Crippen molar-refractivity contribution in [1.82, 2.24) is 5.32 Å². The number of esters is 5. The number of carboxylic acids is 1. The van der Waals surface area contributed by atoms with E-state index in [1.165, 1.54) is 20.8 Å². The van der Waals surface area contributed by atoms with Gasteiger partial charge in [0, 0.05) is 20.8 Å². The number of aliphatic carboxylic acids is 1. The van der Waals surface area contributed by atoms with E-state index in [9.17, 15) is 33.6 Å². The Kier molecular flexibility index (Phi) is 11.4. The molecule has 0 saturated carbocycles. The molecule has 16 nitrogen and oxygen atoms in total. The van der Waals surface area contributed by atoms with Crippen LogP contribution in [0.2, 0.25) is 0 Å². The summed E-state index contributed by atoms with van der Waals surface area (Å²) in [7, 11) is 0.968. The Morgan fingerprint density at radius 3 is 1.79 bits per heavy atom. The van der Waals surface area contributed by atoms with Gasteiger partial charge in [-0.1, -0.05) is 0 Å². The fraction of sp³-hybridized carbons (Fsp3) is 0.682. The molecule has 1 rings (SSSR count). The number of carbonyl (C=O) groups excluding carboxylic acids is 6. The van der Waals surface area contributed by atoms with Crippen molar-refractivity contribution in [1.29, 1.82) is 0 Å². The Morgan fingerprint density at radius 2 is 1.34 bits per heavy atom. The Labute approximate surface area is 217 Å². The van der Waals surface area contributed by atoms with Gasteiger partial charge in [0.05, 0.1) is 13.5 Å². The fourth-order valence-corrected chi connectivity index (χ4v) is 3.20. The zero-order chi connectivity index (χ0) is 29.4. The van der Waals surface area contributed by atoms with Crippen LogP contribution in [-0.4, -0.2) is 96.5 Å². The number of alkyl carbamates (subject to hydrolysis) is 1. The molecule has 1 saturated heterocycles. The zero-order valence-electron chi connectivity index (χ0n) is 21.8. The van der Waals surface area contributed by atoms with Crippen molar-refractivity contribution in [2.75, 3.05) is 7.11 Å². The molecule has 0 aromatic heterocycles. The highest BCUT2D eigenvalue weighted by Crippen LogP contribution is 2.30. The largest absolute Gasteiger partial charge is 0.481 e. The molecule has 38 heavy (non-hydrogen) atoms. The average Bonchev–Trinajstić information content (AvgIpc) is 2.74. The van der Waals surface area contributed by atoms with E-state index in [2.05, 4.69) is 4.74 Å². The lowest BCUT2D eigenvalue weighted by Crippen LogP contribution is -2.64. The van der Waals surface area contributed by atoms with Crippen molar-refractivity contribution in [3.63, 3.8) is 0 Å². The Bertz CT molecular complexity index is 940. The number of hydrogen-bond acceptors (Lipinski definition) is 14. The third-order valence-electron chi connectivity index (χ3n) is 4.42. The van der Waals surface area contributed by atoms with Gasteiger partial charge < -0.3 is 43.6 Å². The summed E-state index contributed by atoms with van der Waals surface area (Å²) < 4.78 is 35.6. The van der Waals surface area contributed by atoms with Crippen LogP contribution in [0.4, 0.5) is 4.79 Å². The van der Waals surface area contributed by atoms with E-state index in [-0.39, 0.29) is 0 Å². The molecule has 1 heterocycles. The molecule has 0 spiro atoms. The maximum absolute atomic E-state index is 12.7. The number of ether oxygens (including phenoxy) is 7. The highest BCUT2D eigenvalue weighted by molar-refractivity contribution is 5.86. The lowest BCUT2D eigenvalue weighted by Gasteiger charge is -2.42. The second-order valence-electron chi connectivity index (χ2n) is 8.90. The van der Waals surface area contributed by atoms with Gasteiger partial charge in [0.2, 0.25) is 12.4 Å². The summed E-state index contributed by atoms with van der Waals surface area (Å²) in [5.74, 6) is -6.56. The van der Waals surface area contributed by atoms with E-state index in [1.807, 2.05) is 5.32 Å². The summed E-state index contributed by atoms with van der Waals surface area (Å²) in [6, 6.07) is -1.72. The number of rotatable bonds is 9. The minimum atomic E-state index is -2.00. The molecule has 1 amide bonds. The summed E-state index contributed by atoms with van der Waals surface area (Å²) in [4.78, 5) is 84.0. The maximum Gasteiger partial charge on any atom is 0.410 e. The smallest absolute Gasteiger partial charge is 0.410 e. The summed E-state index contributed by atoms with van der Waals surface area (Å²) in [6.45, 7) is 7.46. The van der Waals surface area contributed by atoms with Gasteiger partial charge in [-0.2, -0.15) is 0 Å². The summed E-state index contributed by atoms with van der Waals surface area (Å²) in [5.41, 5.74) is -1.02. The van der Waals surface area contributed by atoms with E-state index >= 15 is 0 Å². The van der Waals surface area contributed by atoms with Crippen molar-refractivity contribution < 1.29 is 71.8 Å². The van der Waals surface area contributed by atoms with Crippen LogP contribution in [0, 0.1) is 0 Å². The molecule has 1 aliphatic rings. The van der Waals surface area contributed by atoms with Gasteiger partial charge >= 0.3 is 41.9 Å². The van der Waals surface area contributed by atoms with Crippen LogP contribution in [0.5, 0.6) is 0 Å². The molecule has 0 aromatic carbocycles. The standard InChI is InChI=1S/C22H31NO15/c1-9(24)33-14-15(34-10(2)25)17(35-11(3)26)20(36-16(14)19(30)32-7)37-21(31)23-12(8-13(27)28)18(29)38-22(4,5)6/h12,14-17,20H,8H2,1-7H3,(H,23,31)(H,27,28)/t12?,14-,15-,16-,17+,20?/m0/s1. The van der Waals surface area contributed by atoms with Crippen molar-refractivity contribution in [3.05, 3.63) is 0 Å². The SMILES string of the molecule is COC(=O)[C@H]1OC(OC(=O)NC(CC(=O)O)C(=O)OC(C)(C)C)[C@H](OC(C)=O)[C@@H](OC(C)=O)[C@@H]1OC(C)=O. The first-order chi connectivity index (χ1) is 17.4. The molecular formula is C22H31NO15. The van der Waals surface area contributed by atoms with Crippen LogP contribution in [0.25, 0.3) is 0 Å². The first-order valence-corrected chi connectivity index (χ1v) is 11.1. The number of carbonyl (C=O) groups is 7. The maximum atomic E-state index is 12.7. The molecular weight excluding hydrogens is 518 g/mol. The number of carboxylic acid groups (broad SMARTS) is 1. The van der Waals surface area contributed by atoms with Crippen LogP contribution in [0.3, 0.4) is 0 Å². The Balaban J connectivity index is 3.36. The molecule has 0 radical (unpaired) electrons. The van der Waals surface area contributed by atoms with Crippen LogP contribution >= 0.6 is 0 Å². The Morgan fingerprint density at radius 1 is 0.842 bits per heavy atom. The topological polar surface area (TPSA) is 216 Å². The van der Waals surface area contributed by atoms with Crippen LogP contribution in [0.1, 0.15) is 48.0 Å². The van der Waals surface area contributed by atoms with E-state index in [4.69, 9.17) is 33.5 Å². The van der Waals surface area contributed by atoms with Crippen LogP contribution in [0.15, 0.2) is 0 Å². The minimum absolute atomic E-state index is 0.891. The van der Waals surface area contributed by atoms with E-state index in [0.29, 0.717) is 0 Å². The quantitative estimate of drug-likeness (QED) is 0.276. The number of nitrogens with one attached hydrogen (secondary N) is 1. The lowest BCUT2D eigenvalue weighted by atomic mass is 9.97. The van der Waals surface area contributed by atoms with Gasteiger partial charge in [-0.15, -0.1) is 0 Å². The van der Waals surface area contributed by atoms with Gasteiger partial charge in [0.15, 0.2) is 18.3 Å². The monoisotopic (exact) mass is 549 g/mol. The van der Waals surface area contributed by atoms with Crippen molar-refractivity contribution >= 4 is 41.9 Å². The van der Waals surface area contributed by atoms with E-state index in [0.717, 1.165) is 27.9 Å². The number of methoxy groups -OCH3 is 1. The van der Waals surface area contributed by atoms with Crippen molar-refractivity contribution in [3.8, 4) is 0 Å². The van der Waals surface area contributed by atoms with Gasteiger partial charge in [-0.05, 0) is 20.8 Å². The molecule has 6 atom stereocenters. The molecule has 0 aromatic rings. The predicted octanol–water partition coefficient (Wildman–Crippen LogP) is -0.409. The summed E-state index contributed by atoms with van der Waals surface area (Å²) in [6.07, 6.45) is -11.4. The fourth-order valence-electron chi connectivity index (χ4n) is 3.20. The average molecular weight is 549 g/mol. The first-order valence-electron chi connectivity index (χ1n) is 11.1. The molecule has 214 valence electrons. The normalized spacial score (nSPS) is 23.6. The first kappa shape index (κ1) is 32.1. The number of hydrogen-bond donors (Lipinski definition) is 2. The van der Waals surface area contributed by atoms with Crippen LogP contribution in [-0.2, 0) is 61.9 Å². The second-order valence-corrected chi connectivity index (χ2v) is 8.90. The molecule has 1 fully saturated rings. The van der Waals surface area contributed by atoms with E-state index in [1.54, 1.807) is 0 Å². The number of amides is 1. The molecule has 0 bridgehead atoms. The molecule has 2 unspecified atom stereocenters. The molecule has 16 heteroatoms. The van der Waals surface area contributed by atoms with E-state index < -0.39 is 90.7 Å². The third-order valence-corrected chi connectivity index (χ3v) is 4.42. The minimum Gasteiger partial charge on any atom is -0.481 e. The second kappa shape index (κ2) is 13.6. The van der Waals surface area contributed by atoms with Gasteiger partial charge in [0.25, 0.3) is 0 Å². The van der Waals surface area contributed by atoms with Gasteiger partial charge in [-0.3, -0.25) is 19.2 Å². The zero-order valence-corrected chi connectivity index (χ0v) is 21.8. The lowest BCUT2D eigenvalue weighted by molar-refractivity contribution is -0.288. The highest BCUT2D eigenvalue weighted by atomic mass is 16.8. The van der Waals surface area contributed by atoms with Crippen molar-refractivity contribution in [2.24, 2.45) is 0 Å². The summed E-state index contributed by atoms with van der Waals surface area (Å²) >= 11 is 0. The summed E-state index contributed by atoms with van der Waals surface area (Å²) in [5, 5.41) is 11.1. The predicted molar refractivity (Wildman–Crippen MR) is 119 cm³/mol. The molecule has 2 N–H and O–H groups in total. The van der Waals surface area contributed by atoms with Crippen LogP contribution < -0.4 is 5.32 Å². The third kappa shape index (κ3) is 10.2. The van der Waals surface area contributed by atoms with Gasteiger partial charge in [-0.25, -0.2) is 14.4 Å². The molecule has 1 aliphatic heterocycles.